The second-order valence-corrected chi connectivity index (χ2v) is 7.17. The van der Waals surface area contributed by atoms with Crippen LogP contribution in [0.4, 0.5) is 0 Å². The maximum absolute atomic E-state index is 9.62. The third-order valence-corrected chi connectivity index (χ3v) is 4.88. The number of nitrogens with zero attached hydrogens (tertiary/aromatic N) is 2. The molecule has 0 amide bonds. The van der Waals surface area contributed by atoms with Gasteiger partial charge >= 0.3 is 0 Å². The molecule has 4 nitrogen and oxygen atoms in total. The topological polar surface area (TPSA) is 71.9 Å². The summed E-state index contributed by atoms with van der Waals surface area (Å²) in [5, 5.41) is 9.62. The van der Waals surface area contributed by atoms with Gasteiger partial charge in [0.05, 0.1) is 12.0 Å². The van der Waals surface area contributed by atoms with Gasteiger partial charge in [-0.3, -0.25) is 4.98 Å². The molecule has 142 valence electrons. The molecule has 0 aliphatic rings. The lowest BCUT2D eigenvalue weighted by molar-refractivity contribution is 0.306. The molecule has 4 heteroatoms. The van der Waals surface area contributed by atoms with Crippen molar-refractivity contribution < 1.29 is 4.74 Å². The Labute approximate surface area is 166 Å². The highest BCUT2D eigenvalue weighted by molar-refractivity contribution is 5.36. The summed E-state index contributed by atoms with van der Waals surface area (Å²) in [4.78, 5) is 4.00. The molecule has 0 aliphatic heterocycles. The van der Waals surface area contributed by atoms with E-state index < -0.39 is 12.0 Å². The molecule has 0 saturated carbocycles. The third kappa shape index (κ3) is 4.76. The zero-order valence-corrected chi connectivity index (χ0v) is 16.2. The van der Waals surface area contributed by atoms with Crippen molar-refractivity contribution in [3.8, 4) is 11.8 Å². The van der Waals surface area contributed by atoms with Crippen molar-refractivity contribution in [1.82, 2.24) is 4.98 Å². The predicted octanol–water partition coefficient (Wildman–Crippen LogP) is 5.09. The average Bonchev–Trinajstić information content (AvgIpc) is 2.74. The molecule has 3 rings (SSSR count). The summed E-state index contributed by atoms with van der Waals surface area (Å²) in [6.07, 6.45) is 3.38. The van der Waals surface area contributed by atoms with E-state index in [1.165, 1.54) is 5.56 Å². The molecule has 2 N–H and O–H groups in total. The largest absolute Gasteiger partial charge is 0.489 e. The maximum atomic E-state index is 9.62. The van der Waals surface area contributed by atoms with Gasteiger partial charge in [0.2, 0.25) is 0 Å². The molecular formula is C24H25N3O. The van der Waals surface area contributed by atoms with Gasteiger partial charge < -0.3 is 10.5 Å². The van der Waals surface area contributed by atoms with Crippen LogP contribution >= 0.6 is 0 Å². The molecule has 2 aromatic carbocycles. The fourth-order valence-electron chi connectivity index (χ4n) is 3.08. The van der Waals surface area contributed by atoms with Crippen LogP contribution in [0.3, 0.4) is 0 Å². The van der Waals surface area contributed by atoms with Crippen molar-refractivity contribution >= 4 is 0 Å². The number of hydrogen-bond donors (Lipinski definition) is 1. The van der Waals surface area contributed by atoms with Crippen LogP contribution in [-0.2, 0) is 6.61 Å². The van der Waals surface area contributed by atoms with E-state index in [9.17, 15) is 5.26 Å². The van der Waals surface area contributed by atoms with E-state index in [0.717, 1.165) is 22.4 Å². The SMILES string of the molecule is CC(C)c1ccc(COc2ccc(C(C#N)C(N)c3ccncc3)cc2)cc1. The first-order valence-corrected chi connectivity index (χ1v) is 9.45. The first kappa shape index (κ1) is 19.6. The Morgan fingerprint density at radius 3 is 2.07 bits per heavy atom. The Morgan fingerprint density at radius 2 is 1.50 bits per heavy atom. The second-order valence-electron chi connectivity index (χ2n) is 7.17. The Hall–Kier alpha value is -3.16. The van der Waals surface area contributed by atoms with Crippen molar-refractivity contribution in [3.05, 3.63) is 95.3 Å². The van der Waals surface area contributed by atoms with E-state index in [-0.39, 0.29) is 0 Å². The van der Waals surface area contributed by atoms with Crippen LogP contribution in [0.5, 0.6) is 5.75 Å². The molecule has 0 bridgehead atoms. The Bertz CT molecular complexity index is 913. The first-order valence-electron chi connectivity index (χ1n) is 9.45. The highest BCUT2D eigenvalue weighted by Gasteiger charge is 2.21. The number of aromatic nitrogens is 1. The maximum Gasteiger partial charge on any atom is 0.119 e. The van der Waals surface area contributed by atoms with Crippen LogP contribution < -0.4 is 10.5 Å². The molecule has 0 aliphatic carbocycles. The van der Waals surface area contributed by atoms with Gasteiger partial charge in [0.1, 0.15) is 12.4 Å². The minimum Gasteiger partial charge on any atom is -0.489 e. The molecule has 0 fully saturated rings. The zero-order chi connectivity index (χ0) is 19.9. The number of benzene rings is 2. The summed E-state index contributed by atoms with van der Waals surface area (Å²) in [7, 11) is 0. The minimum atomic E-state index is -0.431. The van der Waals surface area contributed by atoms with Crippen LogP contribution in [0.1, 0.15) is 54.0 Å². The van der Waals surface area contributed by atoms with E-state index in [0.29, 0.717) is 12.5 Å². The van der Waals surface area contributed by atoms with Crippen molar-refractivity contribution in [2.75, 3.05) is 0 Å². The van der Waals surface area contributed by atoms with Gasteiger partial charge in [-0.1, -0.05) is 50.2 Å². The van der Waals surface area contributed by atoms with Crippen LogP contribution in [0.15, 0.2) is 73.1 Å². The highest BCUT2D eigenvalue weighted by atomic mass is 16.5. The van der Waals surface area contributed by atoms with Gasteiger partial charge in [0.25, 0.3) is 0 Å². The normalized spacial score (nSPS) is 13.0. The van der Waals surface area contributed by atoms with E-state index in [4.69, 9.17) is 10.5 Å². The molecule has 2 atom stereocenters. The third-order valence-electron chi connectivity index (χ3n) is 4.88. The average molecular weight is 371 g/mol. The molecule has 1 heterocycles. The van der Waals surface area contributed by atoms with Gasteiger partial charge in [-0.25, -0.2) is 0 Å². The molecule has 3 aromatic rings. The molecular weight excluding hydrogens is 346 g/mol. The van der Waals surface area contributed by atoms with Gasteiger partial charge in [-0.2, -0.15) is 5.26 Å². The van der Waals surface area contributed by atoms with E-state index >= 15 is 0 Å². The Morgan fingerprint density at radius 1 is 0.893 bits per heavy atom. The lowest BCUT2D eigenvalue weighted by Crippen LogP contribution is -2.18. The van der Waals surface area contributed by atoms with Crippen molar-refractivity contribution in [3.63, 3.8) is 0 Å². The summed E-state index contributed by atoms with van der Waals surface area (Å²) in [6, 6.07) is 21.7. The van der Waals surface area contributed by atoms with Crippen LogP contribution in [0, 0.1) is 11.3 Å². The van der Waals surface area contributed by atoms with Crippen molar-refractivity contribution in [1.29, 1.82) is 5.26 Å². The summed E-state index contributed by atoms with van der Waals surface area (Å²) in [5.74, 6) is 0.861. The summed E-state index contributed by atoms with van der Waals surface area (Å²) >= 11 is 0. The quantitative estimate of drug-likeness (QED) is 0.628. The van der Waals surface area contributed by atoms with E-state index in [1.54, 1.807) is 12.4 Å². The van der Waals surface area contributed by atoms with Crippen molar-refractivity contribution in [2.45, 2.75) is 38.3 Å². The standard InChI is InChI=1S/C24H25N3O/c1-17(2)19-5-3-18(4-6-19)16-28-22-9-7-20(8-10-22)23(15-25)24(26)21-11-13-27-14-12-21/h3-14,17,23-24H,16,26H2,1-2H3. The van der Waals surface area contributed by atoms with Crippen molar-refractivity contribution in [2.24, 2.45) is 5.73 Å². The molecule has 2 unspecified atom stereocenters. The number of hydrogen-bond acceptors (Lipinski definition) is 4. The number of ether oxygens (including phenoxy) is 1. The smallest absolute Gasteiger partial charge is 0.119 e. The molecule has 0 spiro atoms. The highest BCUT2D eigenvalue weighted by Crippen LogP contribution is 2.29. The zero-order valence-electron chi connectivity index (χ0n) is 16.2. The fraction of sp³-hybridized carbons (Fsp3) is 0.250. The minimum absolute atomic E-state index is 0.403. The molecule has 1 aromatic heterocycles. The first-order chi connectivity index (χ1) is 13.6. The Kier molecular flexibility index (Phi) is 6.41. The van der Waals surface area contributed by atoms with Gasteiger partial charge in [0, 0.05) is 18.4 Å². The lowest BCUT2D eigenvalue weighted by atomic mass is 9.89. The van der Waals surface area contributed by atoms with Gasteiger partial charge in [-0.05, 0) is 52.4 Å². The van der Waals surface area contributed by atoms with Gasteiger partial charge in [0.15, 0.2) is 0 Å². The summed E-state index contributed by atoms with van der Waals surface area (Å²) in [5.41, 5.74) is 10.5. The summed E-state index contributed by atoms with van der Waals surface area (Å²) < 4.78 is 5.88. The number of pyridine rings is 1. The number of nitrogens with two attached hydrogens (primary N) is 1. The molecule has 28 heavy (non-hydrogen) atoms. The molecule has 0 saturated heterocycles. The second kappa shape index (κ2) is 9.16. The summed E-state index contributed by atoms with van der Waals surface area (Å²) in [6.45, 7) is 4.88. The van der Waals surface area contributed by atoms with E-state index in [1.807, 2.05) is 36.4 Å². The Balaban J connectivity index is 1.64. The van der Waals surface area contributed by atoms with Crippen LogP contribution in [0.25, 0.3) is 0 Å². The fourth-order valence-corrected chi connectivity index (χ4v) is 3.08. The molecule has 0 radical (unpaired) electrons. The number of rotatable bonds is 7. The predicted molar refractivity (Wildman–Crippen MR) is 111 cm³/mol. The number of nitriles is 1. The van der Waals surface area contributed by atoms with E-state index in [2.05, 4.69) is 49.2 Å². The monoisotopic (exact) mass is 371 g/mol. The van der Waals surface area contributed by atoms with Crippen LogP contribution in [-0.4, -0.2) is 4.98 Å². The lowest BCUT2D eigenvalue weighted by Gasteiger charge is -2.18. The van der Waals surface area contributed by atoms with Gasteiger partial charge in [-0.15, -0.1) is 0 Å². The van der Waals surface area contributed by atoms with Crippen LogP contribution in [0.2, 0.25) is 0 Å².